The third kappa shape index (κ3) is 4.25. The van der Waals surface area contributed by atoms with Crippen molar-refractivity contribution >= 4 is 67.3 Å². The van der Waals surface area contributed by atoms with E-state index < -0.39 is 9.84 Å². The largest absolute Gasteiger partial charge is 0.315 e. The molecule has 0 aliphatic carbocycles. The van der Waals surface area contributed by atoms with Crippen LogP contribution in [0.5, 0.6) is 0 Å². The lowest BCUT2D eigenvalue weighted by Crippen LogP contribution is -2.39. The molecule has 2 atom stereocenters. The fourth-order valence-corrected chi connectivity index (χ4v) is 6.91. The zero-order chi connectivity index (χ0) is 19.2. The average molecular weight is 462 g/mol. The number of amidine groups is 1. The molecule has 2 aliphatic rings. The van der Waals surface area contributed by atoms with Gasteiger partial charge < -0.3 is 4.90 Å². The summed E-state index contributed by atoms with van der Waals surface area (Å²) < 4.78 is 24.2. The van der Waals surface area contributed by atoms with Crippen molar-refractivity contribution in [3.05, 3.63) is 63.1 Å². The summed E-state index contributed by atoms with van der Waals surface area (Å²) in [7, 11) is -3.10. The first-order chi connectivity index (χ1) is 12.8. The van der Waals surface area contributed by atoms with Gasteiger partial charge in [-0.1, -0.05) is 58.7 Å². The van der Waals surface area contributed by atoms with Crippen molar-refractivity contribution in [2.45, 2.75) is 17.8 Å². The highest BCUT2D eigenvalue weighted by Crippen LogP contribution is 2.38. The fourth-order valence-electron chi connectivity index (χ4n) is 3.34. The summed E-state index contributed by atoms with van der Waals surface area (Å²) in [5.41, 5.74) is 1.88. The number of sulfone groups is 1. The van der Waals surface area contributed by atoms with Gasteiger partial charge in [0.15, 0.2) is 15.0 Å². The molecular weight excluding hydrogens is 447 g/mol. The van der Waals surface area contributed by atoms with Crippen LogP contribution in [-0.2, 0) is 15.6 Å². The first-order valence-electron chi connectivity index (χ1n) is 8.21. The topological polar surface area (TPSA) is 49.7 Å². The molecule has 0 saturated carbocycles. The standard InChI is InChI=1S/C18H15Cl3N2O2S2/c19-12-3-1-11(2-4-12)8-26-18-22-16-9-27(24,25)10-17(16)23(18)15-6-13(20)5-14(21)7-15/h1-7,16-17H,8-10H2. The summed E-state index contributed by atoms with van der Waals surface area (Å²) in [6.45, 7) is 0. The second kappa shape index (κ2) is 7.48. The molecule has 2 aromatic rings. The molecule has 0 radical (unpaired) electrons. The number of aliphatic imine (C=N–C) groups is 1. The molecule has 0 amide bonds. The van der Waals surface area contributed by atoms with Gasteiger partial charge in [0.05, 0.1) is 23.6 Å². The Bertz CT molecular complexity index is 990. The third-order valence-electron chi connectivity index (χ3n) is 4.51. The van der Waals surface area contributed by atoms with Crippen molar-refractivity contribution < 1.29 is 8.42 Å². The maximum Gasteiger partial charge on any atom is 0.164 e. The summed E-state index contributed by atoms with van der Waals surface area (Å²) in [5.74, 6) is 0.858. The van der Waals surface area contributed by atoms with Gasteiger partial charge in [-0.05, 0) is 35.9 Å². The van der Waals surface area contributed by atoms with E-state index in [2.05, 4.69) is 0 Å². The third-order valence-corrected chi connectivity index (χ3v) is 7.94. The van der Waals surface area contributed by atoms with E-state index in [9.17, 15) is 8.42 Å². The van der Waals surface area contributed by atoms with E-state index in [0.29, 0.717) is 20.8 Å². The normalized spacial score (nSPS) is 23.4. The van der Waals surface area contributed by atoms with Crippen LogP contribution in [0.1, 0.15) is 5.56 Å². The highest BCUT2D eigenvalue weighted by atomic mass is 35.5. The van der Waals surface area contributed by atoms with Crippen molar-refractivity contribution in [2.75, 3.05) is 16.4 Å². The highest BCUT2D eigenvalue weighted by Gasteiger charge is 2.47. The predicted molar refractivity (Wildman–Crippen MR) is 115 cm³/mol. The summed E-state index contributed by atoms with van der Waals surface area (Å²) in [5, 5.41) is 2.48. The second-order valence-corrected chi connectivity index (χ2v) is 10.9. The molecule has 1 saturated heterocycles. The van der Waals surface area contributed by atoms with Gasteiger partial charge >= 0.3 is 0 Å². The van der Waals surface area contributed by atoms with E-state index in [1.807, 2.05) is 29.2 Å². The highest BCUT2D eigenvalue weighted by molar-refractivity contribution is 8.13. The van der Waals surface area contributed by atoms with Crippen molar-refractivity contribution in [3.8, 4) is 0 Å². The minimum absolute atomic E-state index is 0.0769. The van der Waals surface area contributed by atoms with Crippen molar-refractivity contribution in [1.29, 1.82) is 0 Å². The molecule has 2 aromatic carbocycles. The molecule has 2 heterocycles. The SMILES string of the molecule is O=S1(=O)CC2N=C(SCc3ccc(Cl)cc3)N(c3cc(Cl)cc(Cl)c3)C2C1. The Morgan fingerprint density at radius 3 is 2.33 bits per heavy atom. The first kappa shape index (κ1) is 19.4. The lowest BCUT2D eigenvalue weighted by atomic mass is 10.1. The molecule has 9 heteroatoms. The van der Waals surface area contributed by atoms with E-state index in [4.69, 9.17) is 39.8 Å². The van der Waals surface area contributed by atoms with Crippen LogP contribution in [-0.4, -0.2) is 37.2 Å². The summed E-state index contributed by atoms with van der Waals surface area (Å²) >= 11 is 19.9. The zero-order valence-electron chi connectivity index (χ0n) is 14.0. The van der Waals surface area contributed by atoms with Crippen LogP contribution in [0.15, 0.2) is 47.5 Å². The number of thioether (sulfide) groups is 1. The molecule has 4 rings (SSSR count). The number of fused-ring (bicyclic) bond motifs is 1. The Balaban J connectivity index is 1.64. The van der Waals surface area contributed by atoms with E-state index in [0.717, 1.165) is 16.4 Å². The molecule has 2 unspecified atom stereocenters. The molecular formula is C18H15Cl3N2O2S2. The van der Waals surface area contributed by atoms with Gasteiger partial charge in [0, 0.05) is 26.5 Å². The molecule has 27 heavy (non-hydrogen) atoms. The smallest absolute Gasteiger partial charge is 0.164 e. The Morgan fingerprint density at radius 2 is 1.67 bits per heavy atom. The van der Waals surface area contributed by atoms with Crippen LogP contribution < -0.4 is 4.90 Å². The number of rotatable bonds is 3. The zero-order valence-corrected chi connectivity index (χ0v) is 17.9. The Labute approximate surface area is 177 Å². The number of halogens is 3. The van der Waals surface area contributed by atoms with Crippen molar-refractivity contribution in [2.24, 2.45) is 4.99 Å². The average Bonchev–Trinajstić information content (AvgIpc) is 3.04. The summed E-state index contributed by atoms with van der Waals surface area (Å²) in [6, 6.07) is 12.4. The van der Waals surface area contributed by atoms with Gasteiger partial charge in [-0.25, -0.2) is 8.42 Å². The van der Waals surface area contributed by atoms with Crippen molar-refractivity contribution in [1.82, 2.24) is 0 Å². The van der Waals surface area contributed by atoms with Gasteiger partial charge in [-0.15, -0.1) is 0 Å². The number of hydrogen-bond acceptors (Lipinski definition) is 5. The molecule has 0 N–H and O–H groups in total. The Morgan fingerprint density at radius 1 is 1.00 bits per heavy atom. The van der Waals surface area contributed by atoms with Crippen LogP contribution in [0.4, 0.5) is 5.69 Å². The van der Waals surface area contributed by atoms with E-state index in [1.165, 1.54) is 0 Å². The monoisotopic (exact) mass is 460 g/mol. The molecule has 1 fully saturated rings. The van der Waals surface area contributed by atoms with Crippen LogP contribution in [0.3, 0.4) is 0 Å². The maximum atomic E-state index is 12.1. The minimum atomic E-state index is -3.10. The summed E-state index contributed by atoms with van der Waals surface area (Å²) in [6.07, 6.45) is 0. The van der Waals surface area contributed by atoms with Gasteiger partial charge in [-0.3, -0.25) is 4.99 Å². The molecule has 0 aromatic heterocycles. The number of nitrogens with zero attached hydrogens (tertiary/aromatic N) is 2. The van der Waals surface area contributed by atoms with E-state index >= 15 is 0 Å². The van der Waals surface area contributed by atoms with E-state index in [-0.39, 0.29) is 23.6 Å². The minimum Gasteiger partial charge on any atom is -0.315 e. The quantitative estimate of drug-likeness (QED) is 0.651. The van der Waals surface area contributed by atoms with Gasteiger partial charge in [0.2, 0.25) is 0 Å². The van der Waals surface area contributed by atoms with Crippen molar-refractivity contribution in [3.63, 3.8) is 0 Å². The maximum absolute atomic E-state index is 12.1. The summed E-state index contributed by atoms with van der Waals surface area (Å²) in [4.78, 5) is 6.68. The number of anilines is 1. The van der Waals surface area contributed by atoms with E-state index in [1.54, 1.807) is 30.0 Å². The molecule has 142 valence electrons. The van der Waals surface area contributed by atoms with Gasteiger partial charge in [0.1, 0.15) is 0 Å². The van der Waals surface area contributed by atoms with Gasteiger partial charge in [-0.2, -0.15) is 0 Å². The number of hydrogen-bond donors (Lipinski definition) is 0. The van der Waals surface area contributed by atoms with Crippen LogP contribution in [0.2, 0.25) is 15.1 Å². The molecule has 0 spiro atoms. The number of benzene rings is 2. The predicted octanol–water partition coefficient (Wildman–Crippen LogP) is 4.92. The Kier molecular flexibility index (Phi) is 5.38. The molecule has 4 nitrogen and oxygen atoms in total. The molecule has 2 aliphatic heterocycles. The fraction of sp³-hybridized carbons (Fsp3) is 0.278. The van der Waals surface area contributed by atoms with Crippen LogP contribution in [0.25, 0.3) is 0 Å². The lowest BCUT2D eigenvalue weighted by Gasteiger charge is -2.27. The van der Waals surface area contributed by atoms with Crippen LogP contribution >= 0.6 is 46.6 Å². The van der Waals surface area contributed by atoms with Crippen LogP contribution in [0, 0.1) is 0 Å². The first-order valence-corrected chi connectivity index (χ1v) is 12.2. The van der Waals surface area contributed by atoms with Gasteiger partial charge in [0.25, 0.3) is 0 Å². The molecule has 0 bridgehead atoms. The lowest BCUT2D eigenvalue weighted by molar-refractivity contribution is 0.601. The Hall–Kier alpha value is -0.920. The second-order valence-electron chi connectivity index (χ2n) is 6.54.